The van der Waals surface area contributed by atoms with Crippen molar-refractivity contribution in [3.05, 3.63) is 82.6 Å². The summed E-state index contributed by atoms with van der Waals surface area (Å²) < 4.78 is 12.2. The smallest absolute Gasteiger partial charge is 0.433 e. The van der Waals surface area contributed by atoms with Crippen molar-refractivity contribution in [2.75, 3.05) is 5.32 Å². The SMILES string of the molecule is Cc1nc(Oc2ccc(NC(=O)c3ccc([N+](=O)[O-])o3)cc2)cc(-n2cccn2)n1. The van der Waals surface area contributed by atoms with Crippen LogP contribution in [-0.4, -0.2) is 30.6 Å². The fourth-order valence-corrected chi connectivity index (χ4v) is 2.57. The van der Waals surface area contributed by atoms with Gasteiger partial charge >= 0.3 is 5.88 Å². The Labute approximate surface area is 169 Å². The number of nitrogens with one attached hydrogen (secondary N) is 1. The quantitative estimate of drug-likeness (QED) is 0.379. The molecule has 3 aromatic heterocycles. The van der Waals surface area contributed by atoms with E-state index in [1.54, 1.807) is 60.4 Å². The molecule has 0 aliphatic rings. The van der Waals surface area contributed by atoms with Crippen LogP contribution in [0.2, 0.25) is 0 Å². The summed E-state index contributed by atoms with van der Waals surface area (Å²) in [6, 6.07) is 12.3. The molecule has 0 radical (unpaired) electrons. The van der Waals surface area contributed by atoms with Gasteiger partial charge in [-0.25, -0.2) is 9.67 Å². The molecule has 11 heteroatoms. The molecule has 3 heterocycles. The summed E-state index contributed by atoms with van der Waals surface area (Å²) in [5.74, 6) is 0.655. The summed E-state index contributed by atoms with van der Waals surface area (Å²) in [7, 11) is 0. The first kappa shape index (κ1) is 18.8. The molecule has 30 heavy (non-hydrogen) atoms. The van der Waals surface area contributed by atoms with Gasteiger partial charge in [0.1, 0.15) is 16.5 Å². The fraction of sp³-hybridized carbons (Fsp3) is 0.0526. The van der Waals surface area contributed by atoms with E-state index in [4.69, 9.17) is 9.15 Å². The van der Waals surface area contributed by atoms with Crippen molar-refractivity contribution in [2.45, 2.75) is 6.92 Å². The van der Waals surface area contributed by atoms with Crippen LogP contribution in [0.4, 0.5) is 11.6 Å². The number of rotatable bonds is 6. The first-order chi connectivity index (χ1) is 14.5. The van der Waals surface area contributed by atoms with Gasteiger partial charge in [-0.1, -0.05) is 0 Å². The van der Waals surface area contributed by atoms with Gasteiger partial charge in [-0.15, -0.1) is 0 Å². The second-order valence-corrected chi connectivity index (χ2v) is 6.04. The number of hydrogen-bond acceptors (Lipinski definition) is 8. The van der Waals surface area contributed by atoms with Gasteiger partial charge in [0.2, 0.25) is 5.88 Å². The first-order valence-electron chi connectivity index (χ1n) is 8.67. The highest BCUT2D eigenvalue weighted by Gasteiger charge is 2.17. The molecule has 1 N–H and O–H groups in total. The van der Waals surface area contributed by atoms with Crippen LogP contribution in [0.1, 0.15) is 16.4 Å². The molecule has 1 amide bonds. The van der Waals surface area contributed by atoms with E-state index in [0.29, 0.717) is 29.0 Å². The van der Waals surface area contributed by atoms with Gasteiger partial charge in [0.05, 0.1) is 6.07 Å². The average molecular weight is 406 g/mol. The number of aryl methyl sites for hydroxylation is 1. The monoisotopic (exact) mass is 406 g/mol. The molecule has 0 aliphatic heterocycles. The lowest BCUT2D eigenvalue weighted by Gasteiger charge is -2.09. The second kappa shape index (κ2) is 7.83. The van der Waals surface area contributed by atoms with E-state index in [2.05, 4.69) is 20.4 Å². The lowest BCUT2D eigenvalue weighted by Crippen LogP contribution is -2.10. The zero-order valence-electron chi connectivity index (χ0n) is 15.6. The molecule has 0 aliphatic carbocycles. The highest BCUT2D eigenvalue weighted by atomic mass is 16.6. The summed E-state index contributed by atoms with van der Waals surface area (Å²) >= 11 is 0. The number of furan rings is 1. The van der Waals surface area contributed by atoms with Crippen molar-refractivity contribution >= 4 is 17.5 Å². The minimum Gasteiger partial charge on any atom is -0.439 e. The van der Waals surface area contributed by atoms with E-state index in [1.807, 2.05) is 0 Å². The van der Waals surface area contributed by atoms with Crippen molar-refractivity contribution < 1.29 is 18.9 Å². The Morgan fingerprint density at radius 3 is 2.67 bits per heavy atom. The molecule has 1 aromatic carbocycles. The third kappa shape index (κ3) is 4.14. The van der Waals surface area contributed by atoms with Gasteiger partial charge in [0.25, 0.3) is 5.91 Å². The standard InChI is InChI=1S/C19H14N6O5/c1-12-21-16(24-10-2-9-20-24)11-17(22-12)29-14-5-3-13(4-6-14)23-19(26)15-7-8-18(30-15)25(27)28/h2-11H,1H3,(H,23,26). The first-order valence-corrected chi connectivity index (χ1v) is 8.67. The van der Waals surface area contributed by atoms with E-state index >= 15 is 0 Å². The summed E-state index contributed by atoms with van der Waals surface area (Å²) in [6.45, 7) is 1.75. The Bertz CT molecular complexity index is 1200. The van der Waals surface area contributed by atoms with E-state index in [-0.39, 0.29) is 5.76 Å². The number of carbonyl (C=O) groups excluding carboxylic acids is 1. The number of nitro groups is 1. The summed E-state index contributed by atoms with van der Waals surface area (Å²) in [5.41, 5.74) is 0.461. The van der Waals surface area contributed by atoms with Crippen molar-refractivity contribution in [1.29, 1.82) is 0 Å². The Morgan fingerprint density at radius 2 is 2.00 bits per heavy atom. The summed E-state index contributed by atoms with van der Waals surface area (Å²) in [5, 5.41) is 17.4. The molecular weight excluding hydrogens is 392 g/mol. The van der Waals surface area contributed by atoms with Gasteiger partial charge in [-0.3, -0.25) is 14.9 Å². The van der Waals surface area contributed by atoms with Crippen LogP contribution in [0.3, 0.4) is 0 Å². The molecule has 0 saturated heterocycles. The van der Waals surface area contributed by atoms with E-state index < -0.39 is 16.7 Å². The molecule has 150 valence electrons. The number of carbonyl (C=O) groups is 1. The maximum absolute atomic E-state index is 12.1. The summed E-state index contributed by atoms with van der Waals surface area (Å²) in [4.78, 5) is 30.6. The van der Waals surface area contributed by atoms with Gasteiger partial charge in [-0.2, -0.15) is 10.1 Å². The number of ether oxygens (including phenoxy) is 1. The number of amides is 1. The predicted octanol–water partition coefficient (Wildman–Crippen LogP) is 3.52. The Kier molecular flexibility index (Phi) is 4.91. The van der Waals surface area contributed by atoms with Crippen LogP contribution in [0, 0.1) is 17.0 Å². The maximum Gasteiger partial charge on any atom is 0.433 e. The van der Waals surface area contributed by atoms with Crippen molar-refractivity contribution in [3.8, 4) is 17.4 Å². The van der Waals surface area contributed by atoms with Crippen LogP contribution in [0.15, 0.2) is 65.3 Å². The van der Waals surface area contributed by atoms with Crippen LogP contribution < -0.4 is 10.1 Å². The minimum absolute atomic E-state index is 0.162. The number of aromatic nitrogens is 4. The lowest BCUT2D eigenvalue weighted by atomic mass is 10.3. The molecule has 4 rings (SSSR count). The molecule has 0 bridgehead atoms. The third-order valence-electron chi connectivity index (χ3n) is 3.87. The highest BCUT2D eigenvalue weighted by molar-refractivity contribution is 6.02. The van der Waals surface area contributed by atoms with Gasteiger partial charge in [0, 0.05) is 24.1 Å². The highest BCUT2D eigenvalue weighted by Crippen LogP contribution is 2.24. The number of benzene rings is 1. The van der Waals surface area contributed by atoms with Gasteiger partial charge < -0.3 is 14.5 Å². The average Bonchev–Trinajstić information content (AvgIpc) is 3.41. The van der Waals surface area contributed by atoms with Crippen molar-refractivity contribution in [1.82, 2.24) is 19.7 Å². The van der Waals surface area contributed by atoms with Crippen LogP contribution in [-0.2, 0) is 0 Å². The molecule has 0 atom stereocenters. The van der Waals surface area contributed by atoms with Crippen LogP contribution >= 0.6 is 0 Å². The van der Waals surface area contributed by atoms with Crippen LogP contribution in [0.5, 0.6) is 11.6 Å². The number of hydrogen-bond donors (Lipinski definition) is 1. The van der Waals surface area contributed by atoms with E-state index in [9.17, 15) is 14.9 Å². The fourth-order valence-electron chi connectivity index (χ4n) is 2.57. The zero-order chi connectivity index (χ0) is 21.1. The Morgan fingerprint density at radius 1 is 1.20 bits per heavy atom. The minimum atomic E-state index is -0.713. The largest absolute Gasteiger partial charge is 0.439 e. The molecule has 0 fully saturated rings. The molecule has 11 nitrogen and oxygen atoms in total. The van der Waals surface area contributed by atoms with Crippen molar-refractivity contribution in [2.24, 2.45) is 0 Å². The third-order valence-corrected chi connectivity index (χ3v) is 3.87. The maximum atomic E-state index is 12.1. The second-order valence-electron chi connectivity index (χ2n) is 6.04. The number of anilines is 1. The van der Waals surface area contributed by atoms with Gasteiger partial charge in [0.15, 0.2) is 11.6 Å². The molecular formula is C19H14N6O5. The normalized spacial score (nSPS) is 10.6. The summed E-state index contributed by atoms with van der Waals surface area (Å²) in [6.07, 6.45) is 3.41. The molecule has 0 spiro atoms. The lowest BCUT2D eigenvalue weighted by molar-refractivity contribution is -0.402. The van der Waals surface area contributed by atoms with Gasteiger partial charge in [-0.05, 0) is 43.3 Å². The molecule has 0 unspecified atom stereocenters. The van der Waals surface area contributed by atoms with Crippen LogP contribution in [0.25, 0.3) is 5.82 Å². The topological polar surface area (TPSA) is 138 Å². The van der Waals surface area contributed by atoms with E-state index in [1.165, 1.54) is 6.07 Å². The van der Waals surface area contributed by atoms with Crippen molar-refractivity contribution in [3.63, 3.8) is 0 Å². The zero-order valence-corrected chi connectivity index (χ0v) is 15.6. The van der Waals surface area contributed by atoms with E-state index in [0.717, 1.165) is 6.07 Å². The Hall–Kier alpha value is -4.54. The Balaban J connectivity index is 1.45. The molecule has 0 saturated carbocycles. The predicted molar refractivity (Wildman–Crippen MR) is 104 cm³/mol. The molecule has 4 aromatic rings. The number of nitrogens with zero attached hydrogens (tertiary/aromatic N) is 5.